The van der Waals surface area contributed by atoms with E-state index in [1.165, 1.54) is 0 Å². The number of hydrogen-bond donors (Lipinski definition) is 3. The molecule has 2 rings (SSSR count). The zero-order chi connectivity index (χ0) is 18.2. The average Bonchev–Trinajstić information content (AvgIpc) is 2.64. The summed E-state index contributed by atoms with van der Waals surface area (Å²) in [5, 5.41) is 5.54. The van der Waals surface area contributed by atoms with Gasteiger partial charge in [-0.3, -0.25) is 14.4 Å². The van der Waals surface area contributed by atoms with Crippen LogP contribution in [0.15, 0.2) is 54.6 Å². The Hall–Kier alpha value is -3.15. The summed E-state index contributed by atoms with van der Waals surface area (Å²) in [5.41, 5.74) is 7.15. The molecule has 0 aliphatic heterocycles. The van der Waals surface area contributed by atoms with E-state index in [0.717, 1.165) is 5.56 Å². The minimum atomic E-state index is -0.751. The number of benzene rings is 2. The summed E-state index contributed by atoms with van der Waals surface area (Å²) in [6, 6.07) is 15.0. The van der Waals surface area contributed by atoms with Crippen LogP contribution in [0.2, 0.25) is 0 Å². The lowest BCUT2D eigenvalue weighted by atomic mass is 10.1. The molecule has 0 saturated heterocycles. The van der Waals surface area contributed by atoms with Crippen molar-refractivity contribution in [1.29, 1.82) is 0 Å². The fraction of sp³-hybridized carbons (Fsp3) is 0.211. The summed E-state index contributed by atoms with van der Waals surface area (Å²) >= 11 is 0. The zero-order valence-electron chi connectivity index (χ0n) is 14.0. The van der Waals surface area contributed by atoms with E-state index in [1.54, 1.807) is 43.3 Å². The molecule has 0 radical (unpaired) electrons. The van der Waals surface area contributed by atoms with Crippen molar-refractivity contribution in [3.8, 4) is 0 Å². The minimum Gasteiger partial charge on any atom is -0.366 e. The molecule has 3 amide bonds. The number of carbonyl (C=O) groups is 3. The Kier molecular flexibility index (Phi) is 6.28. The molecule has 6 heteroatoms. The molecule has 1 atom stereocenters. The lowest BCUT2D eigenvalue weighted by molar-refractivity contribution is -0.129. The van der Waals surface area contributed by atoms with E-state index in [2.05, 4.69) is 10.6 Å². The van der Waals surface area contributed by atoms with Crippen molar-refractivity contribution in [1.82, 2.24) is 10.6 Å². The number of nitrogens with one attached hydrogen (secondary N) is 2. The monoisotopic (exact) mass is 339 g/mol. The van der Waals surface area contributed by atoms with Gasteiger partial charge in [0.05, 0.1) is 0 Å². The second-order valence-corrected chi connectivity index (χ2v) is 5.54. The lowest BCUT2D eigenvalue weighted by Gasteiger charge is -2.18. The first kappa shape index (κ1) is 18.2. The van der Waals surface area contributed by atoms with Crippen molar-refractivity contribution < 1.29 is 14.4 Å². The highest BCUT2D eigenvalue weighted by atomic mass is 16.2. The third-order valence-electron chi connectivity index (χ3n) is 3.73. The highest BCUT2D eigenvalue weighted by molar-refractivity contribution is 5.92. The molecule has 25 heavy (non-hydrogen) atoms. The predicted molar refractivity (Wildman–Crippen MR) is 94.4 cm³/mol. The molecule has 0 aliphatic carbocycles. The van der Waals surface area contributed by atoms with Gasteiger partial charge in [-0.25, -0.2) is 0 Å². The van der Waals surface area contributed by atoms with Gasteiger partial charge >= 0.3 is 0 Å². The van der Waals surface area contributed by atoms with Crippen LogP contribution < -0.4 is 16.4 Å². The molecule has 0 heterocycles. The van der Waals surface area contributed by atoms with Gasteiger partial charge in [-0.2, -0.15) is 0 Å². The van der Waals surface area contributed by atoms with Crippen LogP contribution in [-0.4, -0.2) is 17.7 Å². The predicted octanol–water partition coefficient (Wildman–Crippen LogP) is 1.67. The van der Waals surface area contributed by atoms with E-state index in [4.69, 9.17) is 5.73 Å². The normalized spacial score (nSPS) is 11.4. The van der Waals surface area contributed by atoms with Crippen LogP contribution in [0, 0.1) is 0 Å². The Morgan fingerprint density at radius 3 is 2.20 bits per heavy atom. The highest BCUT2D eigenvalue weighted by Gasteiger charge is 2.21. The zero-order valence-corrected chi connectivity index (χ0v) is 14.0. The summed E-state index contributed by atoms with van der Waals surface area (Å²) < 4.78 is 0. The van der Waals surface area contributed by atoms with Gasteiger partial charge in [-0.05, 0) is 23.3 Å². The second kappa shape index (κ2) is 8.63. The number of carbonyl (C=O) groups excluding carboxylic acids is 3. The number of amides is 3. The van der Waals surface area contributed by atoms with Crippen LogP contribution in [0.4, 0.5) is 0 Å². The maximum absolute atomic E-state index is 12.5. The van der Waals surface area contributed by atoms with Gasteiger partial charge in [0, 0.05) is 18.5 Å². The van der Waals surface area contributed by atoms with Gasteiger partial charge in [0.15, 0.2) is 0 Å². The molecule has 6 nitrogen and oxygen atoms in total. The summed E-state index contributed by atoms with van der Waals surface area (Å²) in [4.78, 5) is 35.4. The second-order valence-electron chi connectivity index (χ2n) is 5.54. The van der Waals surface area contributed by atoms with E-state index in [1.807, 2.05) is 18.2 Å². The molecular weight excluding hydrogens is 318 g/mol. The van der Waals surface area contributed by atoms with E-state index in [9.17, 15) is 14.4 Å². The highest BCUT2D eigenvalue weighted by Crippen LogP contribution is 2.13. The largest absolute Gasteiger partial charge is 0.366 e. The van der Waals surface area contributed by atoms with Crippen LogP contribution in [0.3, 0.4) is 0 Å². The SMILES string of the molecule is CCC(=O)NC(C(=O)NCc1ccc(C(N)=O)cc1)c1ccccc1. The van der Waals surface area contributed by atoms with Gasteiger partial charge in [0.1, 0.15) is 6.04 Å². The Morgan fingerprint density at radius 2 is 1.64 bits per heavy atom. The molecule has 4 N–H and O–H groups in total. The molecule has 0 fully saturated rings. The summed E-state index contributed by atoms with van der Waals surface area (Å²) in [6.07, 6.45) is 0.297. The van der Waals surface area contributed by atoms with Crippen molar-refractivity contribution in [3.05, 3.63) is 71.3 Å². The summed E-state index contributed by atoms with van der Waals surface area (Å²) in [7, 11) is 0. The van der Waals surface area contributed by atoms with Gasteiger partial charge in [-0.15, -0.1) is 0 Å². The molecule has 0 aromatic heterocycles. The third kappa shape index (κ3) is 5.17. The average molecular weight is 339 g/mol. The standard InChI is InChI=1S/C19H21N3O3/c1-2-16(23)22-17(14-6-4-3-5-7-14)19(25)21-12-13-8-10-15(11-9-13)18(20)24/h3-11,17H,2,12H2,1H3,(H2,20,24)(H,21,25)(H,22,23). The van der Waals surface area contributed by atoms with Gasteiger partial charge < -0.3 is 16.4 Å². The first-order valence-corrected chi connectivity index (χ1v) is 8.02. The molecule has 0 bridgehead atoms. The van der Waals surface area contributed by atoms with Crippen molar-refractivity contribution in [3.63, 3.8) is 0 Å². The van der Waals surface area contributed by atoms with Crippen molar-refractivity contribution >= 4 is 17.7 Å². The first-order chi connectivity index (χ1) is 12.0. The van der Waals surface area contributed by atoms with Gasteiger partial charge in [0.2, 0.25) is 17.7 Å². The number of hydrogen-bond acceptors (Lipinski definition) is 3. The number of nitrogens with two attached hydrogens (primary N) is 1. The van der Waals surface area contributed by atoms with Gasteiger partial charge in [-0.1, -0.05) is 49.4 Å². The van der Waals surface area contributed by atoms with E-state index in [-0.39, 0.29) is 18.4 Å². The Bertz CT molecular complexity index is 742. The van der Waals surface area contributed by atoms with Crippen LogP contribution >= 0.6 is 0 Å². The van der Waals surface area contributed by atoms with E-state index < -0.39 is 11.9 Å². The molecule has 130 valence electrons. The van der Waals surface area contributed by atoms with Crippen molar-refractivity contribution in [2.75, 3.05) is 0 Å². The molecule has 0 spiro atoms. The van der Waals surface area contributed by atoms with E-state index in [0.29, 0.717) is 17.5 Å². The Balaban J connectivity index is 2.06. The van der Waals surface area contributed by atoms with Crippen LogP contribution in [-0.2, 0) is 16.1 Å². The van der Waals surface area contributed by atoms with Crippen molar-refractivity contribution in [2.24, 2.45) is 5.73 Å². The number of rotatable bonds is 7. The fourth-order valence-electron chi connectivity index (χ4n) is 2.29. The van der Waals surface area contributed by atoms with Crippen LogP contribution in [0.25, 0.3) is 0 Å². The molecular formula is C19H21N3O3. The van der Waals surface area contributed by atoms with Gasteiger partial charge in [0.25, 0.3) is 0 Å². The molecule has 2 aromatic rings. The maximum atomic E-state index is 12.5. The summed E-state index contributed by atoms with van der Waals surface area (Å²) in [6.45, 7) is 2.01. The topological polar surface area (TPSA) is 101 Å². The maximum Gasteiger partial charge on any atom is 0.248 e. The molecule has 1 unspecified atom stereocenters. The fourth-order valence-corrected chi connectivity index (χ4v) is 2.29. The number of primary amides is 1. The smallest absolute Gasteiger partial charge is 0.248 e. The molecule has 0 aliphatic rings. The molecule has 2 aromatic carbocycles. The minimum absolute atomic E-state index is 0.199. The molecule has 0 saturated carbocycles. The third-order valence-corrected chi connectivity index (χ3v) is 3.73. The first-order valence-electron chi connectivity index (χ1n) is 8.02. The quantitative estimate of drug-likeness (QED) is 0.715. The van der Waals surface area contributed by atoms with Crippen LogP contribution in [0.5, 0.6) is 0 Å². The van der Waals surface area contributed by atoms with E-state index >= 15 is 0 Å². The van der Waals surface area contributed by atoms with Crippen LogP contribution in [0.1, 0.15) is 40.9 Å². The van der Waals surface area contributed by atoms with Crippen molar-refractivity contribution in [2.45, 2.75) is 25.9 Å². The Morgan fingerprint density at radius 1 is 1.00 bits per heavy atom. The summed E-state index contributed by atoms with van der Waals surface area (Å²) in [5.74, 6) is -0.996. The Labute approximate surface area is 146 Å². The lowest BCUT2D eigenvalue weighted by Crippen LogP contribution is -2.39.